The van der Waals surface area contributed by atoms with Crippen molar-refractivity contribution in [3.05, 3.63) is 41.3 Å². The molecule has 6 nitrogen and oxygen atoms in total. The van der Waals surface area contributed by atoms with Crippen LogP contribution < -0.4 is 4.90 Å². The van der Waals surface area contributed by atoms with E-state index < -0.39 is 0 Å². The van der Waals surface area contributed by atoms with Crippen molar-refractivity contribution in [1.82, 2.24) is 15.0 Å². The molecule has 132 valence electrons. The van der Waals surface area contributed by atoms with Crippen LogP contribution in [0.1, 0.15) is 31.1 Å². The average Bonchev–Trinajstić information content (AvgIpc) is 3.01. The van der Waals surface area contributed by atoms with E-state index in [1.165, 1.54) is 6.07 Å². The van der Waals surface area contributed by atoms with E-state index >= 15 is 0 Å². The number of nitrogens with zero attached hydrogens (tertiary/aromatic N) is 5. The molecule has 1 aliphatic rings. The fourth-order valence-electron chi connectivity index (χ4n) is 2.97. The Bertz CT molecular complexity index is 759. The number of aromatic nitrogens is 2. The lowest BCUT2D eigenvalue weighted by Crippen LogP contribution is -2.46. The first-order chi connectivity index (χ1) is 12.0. The highest BCUT2D eigenvalue weighted by atomic mass is 19.1. The fourth-order valence-corrected chi connectivity index (χ4v) is 2.97. The van der Waals surface area contributed by atoms with Crippen LogP contribution in [-0.2, 0) is 13.0 Å². The minimum absolute atomic E-state index is 0.341. The molecular formula is C18H22FN5O. The van der Waals surface area contributed by atoms with Crippen molar-refractivity contribution in [1.29, 1.82) is 5.26 Å². The van der Waals surface area contributed by atoms with Crippen molar-refractivity contribution in [3.63, 3.8) is 0 Å². The Kier molecular flexibility index (Phi) is 5.29. The predicted molar refractivity (Wildman–Crippen MR) is 91.4 cm³/mol. The predicted octanol–water partition coefficient (Wildman–Crippen LogP) is 2.60. The molecule has 0 radical (unpaired) electrons. The summed E-state index contributed by atoms with van der Waals surface area (Å²) in [4.78, 5) is 8.66. The van der Waals surface area contributed by atoms with Crippen molar-refractivity contribution >= 4 is 5.69 Å². The number of hydrogen-bond acceptors (Lipinski definition) is 6. The summed E-state index contributed by atoms with van der Waals surface area (Å²) in [5.41, 5.74) is 0.893. The van der Waals surface area contributed by atoms with Crippen molar-refractivity contribution in [2.24, 2.45) is 5.92 Å². The molecule has 2 aromatic rings. The molecule has 1 fully saturated rings. The molecular weight excluding hydrogens is 321 g/mol. The molecule has 0 bridgehead atoms. The van der Waals surface area contributed by atoms with Crippen molar-refractivity contribution in [2.45, 2.75) is 26.8 Å². The molecule has 0 amide bonds. The number of rotatable bonds is 5. The van der Waals surface area contributed by atoms with Gasteiger partial charge in [0.25, 0.3) is 0 Å². The zero-order valence-corrected chi connectivity index (χ0v) is 14.6. The van der Waals surface area contributed by atoms with Crippen LogP contribution >= 0.6 is 0 Å². The van der Waals surface area contributed by atoms with Crippen molar-refractivity contribution in [2.75, 3.05) is 31.1 Å². The first kappa shape index (κ1) is 17.4. The first-order valence-electron chi connectivity index (χ1n) is 8.53. The van der Waals surface area contributed by atoms with Crippen LogP contribution in [0.3, 0.4) is 0 Å². The monoisotopic (exact) mass is 343 g/mol. The van der Waals surface area contributed by atoms with Gasteiger partial charge >= 0.3 is 0 Å². The quantitative estimate of drug-likeness (QED) is 0.831. The Morgan fingerprint density at radius 1 is 1.28 bits per heavy atom. The number of hydrogen-bond donors (Lipinski definition) is 0. The van der Waals surface area contributed by atoms with Crippen LogP contribution in [0, 0.1) is 23.1 Å². The Labute approximate surface area is 146 Å². The topological polar surface area (TPSA) is 69.2 Å². The standard InChI is InChI=1S/C18H22FN5O/c1-13(2)9-17-21-18(25-22-17)12-23-5-7-24(8-6-23)16-4-3-14(11-20)10-15(16)19/h3-4,10,13H,5-9,12H2,1-2H3. The SMILES string of the molecule is CC(C)Cc1noc(CN2CCN(c3ccc(C#N)cc3F)CC2)n1. The third kappa shape index (κ3) is 4.34. The first-order valence-corrected chi connectivity index (χ1v) is 8.53. The maximum Gasteiger partial charge on any atom is 0.240 e. The minimum Gasteiger partial charge on any atom is -0.367 e. The van der Waals surface area contributed by atoms with Gasteiger partial charge in [-0.3, -0.25) is 4.90 Å². The van der Waals surface area contributed by atoms with E-state index in [4.69, 9.17) is 9.78 Å². The number of piperazine rings is 1. The highest BCUT2D eigenvalue weighted by molar-refractivity contribution is 5.51. The van der Waals surface area contributed by atoms with Crippen LogP contribution in [-0.4, -0.2) is 41.2 Å². The van der Waals surface area contributed by atoms with Gasteiger partial charge in [0, 0.05) is 32.6 Å². The molecule has 2 heterocycles. The zero-order chi connectivity index (χ0) is 17.8. The van der Waals surface area contributed by atoms with E-state index in [-0.39, 0.29) is 5.82 Å². The smallest absolute Gasteiger partial charge is 0.240 e. The lowest BCUT2D eigenvalue weighted by Gasteiger charge is -2.35. The second-order valence-electron chi connectivity index (χ2n) is 6.74. The van der Waals surface area contributed by atoms with E-state index in [2.05, 4.69) is 28.9 Å². The molecule has 0 atom stereocenters. The van der Waals surface area contributed by atoms with E-state index in [9.17, 15) is 4.39 Å². The molecule has 3 rings (SSSR count). The second-order valence-corrected chi connectivity index (χ2v) is 6.74. The third-order valence-corrected chi connectivity index (χ3v) is 4.25. The minimum atomic E-state index is -0.345. The summed E-state index contributed by atoms with van der Waals surface area (Å²) in [6, 6.07) is 6.58. The Hall–Kier alpha value is -2.46. The molecule has 1 saturated heterocycles. The number of benzene rings is 1. The normalized spacial score (nSPS) is 15.6. The van der Waals surface area contributed by atoms with Gasteiger partial charge in [0.05, 0.1) is 23.9 Å². The lowest BCUT2D eigenvalue weighted by molar-refractivity contribution is 0.215. The number of halogens is 1. The summed E-state index contributed by atoms with van der Waals surface area (Å²) in [5, 5.41) is 12.8. The molecule has 0 spiro atoms. The summed E-state index contributed by atoms with van der Waals surface area (Å²) in [5.74, 6) is 1.54. The summed E-state index contributed by atoms with van der Waals surface area (Å²) >= 11 is 0. The molecule has 25 heavy (non-hydrogen) atoms. The van der Waals surface area contributed by atoms with Crippen LogP contribution in [0.25, 0.3) is 0 Å². The Morgan fingerprint density at radius 3 is 2.68 bits per heavy atom. The molecule has 0 aliphatic carbocycles. The largest absolute Gasteiger partial charge is 0.367 e. The van der Waals surface area contributed by atoms with Crippen molar-refractivity contribution < 1.29 is 8.91 Å². The Balaban J connectivity index is 1.55. The van der Waals surface area contributed by atoms with Gasteiger partial charge in [-0.15, -0.1) is 0 Å². The highest BCUT2D eigenvalue weighted by Gasteiger charge is 2.21. The summed E-state index contributed by atoms with van der Waals surface area (Å²) < 4.78 is 19.5. The van der Waals surface area contributed by atoms with Crippen molar-refractivity contribution in [3.8, 4) is 6.07 Å². The van der Waals surface area contributed by atoms with E-state index in [0.717, 1.165) is 38.4 Å². The second kappa shape index (κ2) is 7.62. The van der Waals surface area contributed by atoms with Crippen LogP contribution in [0.15, 0.2) is 22.7 Å². The fraction of sp³-hybridized carbons (Fsp3) is 0.500. The number of nitriles is 1. The highest BCUT2D eigenvalue weighted by Crippen LogP contribution is 2.22. The van der Waals surface area contributed by atoms with E-state index in [1.807, 2.05) is 11.0 Å². The van der Waals surface area contributed by atoms with Gasteiger partial charge < -0.3 is 9.42 Å². The summed E-state index contributed by atoms with van der Waals surface area (Å²) in [6.45, 7) is 7.89. The van der Waals surface area contributed by atoms with Crippen LogP contribution in [0.5, 0.6) is 0 Å². The molecule has 0 saturated carbocycles. The Morgan fingerprint density at radius 2 is 2.04 bits per heavy atom. The van der Waals surface area contributed by atoms with Gasteiger partial charge in [-0.05, 0) is 24.1 Å². The van der Waals surface area contributed by atoms with Gasteiger partial charge in [0.1, 0.15) is 5.82 Å². The van der Waals surface area contributed by atoms with Gasteiger partial charge in [-0.1, -0.05) is 19.0 Å². The van der Waals surface area contributed by atoms with Gasteiger partial charge in [0.15, 0.2) is 5.82 Å². The zero-order valence-electron chi connectivity index (χ0n) is 14.6. The van der Waals surface area contributed by atoms with Gasteiger partial charge in [-0.25, -0.2) is 4.39 Å². The molecule has 0 unspecified atom stereocenters. The average molecular weight is 343 g/mol. The van der Waals surface area contributed by atoms with Crippen LogP contribution in [0.2, 0.25) is 0 Å². The molecule has 1 aromatic heterocycles. The molecule has 0 N–H and O–H groups in total. The molecule has 1 aliphatic heterocycles. The summed E-state index contributed by atoms with van der Waals surface area (Å²) in [6.07, 6.45) is 0.815. The molecule has 7 heteroatoms. The van der Waals surface area contributed by atoms with Crippen LogP contribution in [0.4, 0.5) is 10.1 Å². The summed E-state index contributed by atoms with van der Waals surface area (Å²) in [7, 11) is 0. The lowest BCUT2D eigenvalue weighted by atomic mass is 10.1. The van der Waals surface area contributed by atoms with E-state index in [1.54, 1.807) is 12.1 Å². The maximum absolute atomic E-state index is 14.1. The maximum atomic E-state index is 14.1. The molecule has 1 aromatic carbocycles. The third-order valence-electron chi connectivity index (χ3n) is 4.25. The number of anilines is 1. The van der Waals surface area contributed by atoms with Gasteiger partial charge in [-0.2, -0.15) is 10.2 Å². The van der Waals surface area contributed by atoms with Gasteiger partial charge in [0.2, 0.25) is 5.89 Å². The van der Waals surface area contributed by atoms with E-state index in [0.29, 0.717) is 29.6 Å².